The van der Waals surface area contributed by atoms with Crippen LogP contribution in [0.2, 0.25) is 0 Å². The molecule has 18 heavy (non-hydrogen) atoms. The maximum Gasteiger partial charge on any atom is 0.321 e. The van der Waals surface area contributed by atoms with Crippen LogP contribution in [0.3, 0.4) is 0 Å². The molecular formula is C9H15N5O2S2. The quantitative estimate of drug-likeness (QED) is 0.697. The number of nitrogens with zero attached hydrogens (tertiary/aromatic N) is 2. The van der Waals surface area contributed by atoms with Gasteiger partial charge in [0.25, 0.3) is 0 Å². The third kappa shape index (κ3) is 5.32. The molecule has 0 saturated heterocycles. The fourth-order valence-corrected chi connectivity index (χ4v) is 2.46. The number of hydrogen-bond donors (Lipinski definition) is 3. The van der Waals surface area contributed by atoms with Crippen molar-refractivity contribution in [1.29, 1.82) is 0 Å². The minimum Gasteiger partial charge on any atom is -0.363 e. The molecule has 0 saturated carbocycles. The summed E-state index contributed by atoms with van der Waals surface area (Å²) in [5.41, 5.74) is 0. The van der Waals surface area contributed by atoms with Gasteiger partial charge in [0.05, 0.1) is 5.75 Å². The summed E-state index contributed by atoms with van der Waals surface area (Å²) >= 11 is 2.59. The Balaban J connectivity index is 2.30. The lowest BCUT2D eigenvalue weighted by Crippen LogP contribution is -2.43. The van der Waals surface area contributed by atoms with Crippen LogP contribution in [0.4, 0.5) is 9.93 Å². The number of aromatic nitrogens is 2. The summed E-state index contributed by atoms with van der Waals surface area (Å²) in [4.78, 5) is 22.7. The second-order valence-corrected chi connectivity index (χ2v) is 5.79. The van der Waals surface area contributed by atoms with Gasteiger partial charge in [-0.2, -0.15) is 0 Å². The molecule has 0 radical (unpaired) electrons. The second kappa shape index (κ2) is 7.17. The van der Waals surface area contributed by atoms with Crippen LogP contribution < -0.4 is 16.0 Å². The molecule has 9 heteroatoms. The van der Waals surface area contributed by atoms with Crippen molar-refractivity contribution in [2.75, 3.05) is 18.1 Å². The van der Waals surface area contributed by atoms with E-state index in [4.69, 9.17) is 0 Å². The van der Waals surface area contributed by atoms with Crippen molar-refractivity contribution >= 4 is 40.2 Å². The van der Waals surface area contributed by atoms with Crippen molar-refractivity contribution in [2.24, 2.45) is 0 Å². The molecule has 100 valence electrons. The second-order valence-electron chi connectivity index (χ2n) is 3.59. The number of rotatable bonds is 5. The summed E-state index contributed by atoms with van der Waals surface area (Å²) in [7, 11) is 1.75. The molecule has 0 atom stereocenters. The molecule has 1 aromatic rings. The maximum atomic E-state index is 11.4. The zero-order valence-electron chi connectivity index (χ0n) is 10.3. The molecule has 1 heterocycles. The molecule has 0 fully saturated rings. The molecule has 0 aliphatic carbocycles. The third-order valence-electron chi connectivity index (χ3n) is 1.62. The molecule has 0 aliphatic heterocycles. The van der Waals surface area contributed by atoms with E-state index in [0.717, 1.165) is 0 Å². The maximum absolute atomic E-state index is 11.4. The summed E-state index contributed by atoms with van der Waals surface area (Å²) in [6.45, 7) is 3.64. The van der Waals surface area contributed by atoms with Gasteiger partial charge in [0, 0.05) is 13.1 Å². The first-order valence-corrected chi connectivity index (χ1v) is 7.06. The van der Waals surface area contributed by atoms with Gasteiger partial charge >= 0.3 is 6.03 Å². The minimum atomic E-state index is -0.483. The van der Waals surface area contributed by atoms with Crippen LogP contribution in [-0.2, 0) is 4.79 Å². The fraction of sp³-hybridized carbons (Fsp3) is 0.556. The Bertz CT molecular complexity index is 421. The van der Waals surface area contributed by atoms with Gasteiger partial charge in [-0.3, -0.25) is 10.1 Å². The highest BCUT2D eigenvalue weighted by Crippen LogP contribution is 2.24. The minimum absolute atomic E-state index is 0.00759. The molecule has 1 aromatic heterocycles. The van der Waals surface area contributed by atoms with Gasteiger partial charge in [-0.05, 0) is 13.8 Å². The van der Waals surface area contributed by atoms with Gasteiger partial charge in [0.2, 0.25) is 11.0 Å². The summed E-state index contributed by atoms with van der Waals surface area (Å²) in [5.74, 6) is -0.233. The third-order valence-corrected chi connectivity index (χ3v) is 3.69. The predicted octanol–water partition coefficient (Wildman–Crippen LogP) is 0.906. The van der Waals surface area contributed by atoms with E-state index in [1.165, 1.54) is 23.1 Å². The number of nitrogens with one attached hydrogen (secondary N) is 3. The number of urea groups is 1. The summed E-state index contributed by atoms with van der Waals surface area (Å²) < 4.78 is 0.679. The number of carbonyl (C=O) groups excluding carboxylic acids is 2. The standard InChI is InChI=1S/C9H15N5O2S2/c1-5(2)11-7(16)12-6(15)4-17-9-14-13-8(10-3)18-9/h5H,4H2,1-3H3,(H,10,13)(H2,11,12,15,16). The van der Waals surface area contributed by atoms with Gasteiger partial charge in [0.15, 0.2) is 4.34 Å². The monoisotopic (exact) mass is 289 g/mol. The van der Waals surface area contributed by atoms with E-state index in [9.17, 15) is 9.59 Å². The van der Waals surface area contributed by atoms with Crippen molar-refractivity contribution in [3.8, 4) is 0 Å². The SMILES string of the molecule is CNc1nnc(SCC(=O)NC(=O)NC(C)C)s1. The molecule has 0 aliphatic rings. The van der Waals surface area contributed by atoms with Crippen LogP contribution in [0.1, 0.15) is 13.8 Å². The van der Waals surface area contributed by atoms with E-state index in [2.05, 4.69) is 26.1 Å². The fourth-order valence-electron chi connectivity index (χ4n) is 0.957. The first-order chi connectivity index (χ1) is 8.51. The van der Waals surface area contributed by atoms with Crippen LogP contribution in [-0.4, -0.2) is 41.0 Å². The van der Waals surface area contributed by atoms with E-state index in [1.807, 2.05) is 13.8 Å². The van der Waals surface area contributed by atoms with Gasteiger partial charge < -0.3 is 10.6 Å². The van der Waals surface area contributed by atoms with Crippen molar-refractivity contribution in [3.05, 3.63) is 0 Å². The largest absolute Gasteiger partial charge is 0.363 e. The van der Waals surface area contributed by atoms with Crippen LogP contribution in [0.15, 0.2) is 4.34 Å². The Hall–Kier alpha value is -1.35. The Morgan fingerprint density at radius 1 is 1.39 bits per heavy atom. The first kappa shape index (κ1) is 14.7. The van der Waals surface area contributed by atoms with E-state index < -0.39 is 6.03 Å². The van der Waals surface area contributed by atoms with Crippen LogP contribution in [0.5, 0.6) is 0 Å². The highest BCUT2D eigenvalue weighted by Gasteiger charge is 2.10. The average molecular weight is 289 g/mol. The van der Waals surface area contributed by atoms with Crippen LogP contribution >= 0.6 is 23.1 Å². The predicted molar refractivity (Wildman–Crippen MR) is 72.0 cm³/mol. The normalized spacial score (nSPS) is 10.2. The number of imide groups is 1. The van der Waals surface area contributed by atoms with E-state index in [-0.39, 0.29) is 17.7 Å². The summed E-state index contributed by atoms with van der Waals surface area (Å²) in [6, 6.07) is -0.490. The Morgan fingerprint density at radius 3 is 2.67 bits per heavy atom. The highest BCUT2D eigenvalue weighted by atomic mass is 32.2. The zero-order valence-corrected chi connectivity index (χ0v) is 11.9. The average Bonchev–Trinajstić information content (AvgIpc) is 2.72. The molecule has 7 nitrogen and oxygen atoms in total. The van der Waals surface area contributed by atoms with Gasteiger partial charge in [-0.15, -0.1) is 10.2 Å². The van der Waals surface area contributed by atoms with Crippen molar-refractivity contribution in [3.63, 3.8) is 0 Å². The molecule has 1 rings (SSSR count). The molecule has 0 bridgehead atoms. The van der Waals surface area contributed by atoms with Crippen molar-refractivity contribution < 1.29 is 9.59 Å². The number of hydrogen-bond acceptors (Lipinski definition) is 7. The number of anilines is 1. The van der Waals surface area contributed by atoms with Gasteiger partial charge in [-0.1, -0.05) is 23.1 Å². The van der Waals surface area contributed by atoms with E-state index in [1.54, 1.807) is 7.05 Å². The Morgan fingerprint density at radius 2 is 2.11 bits per heavy atom. The highest BCUT2D eigenvalue weighted by molar-refractivity contribution is 8.01. The van der Waals surface area contributed by atoms with Crippen molar-refractivity contribution in [2.45, 2.75) is 24.2 Å². The molecular weight excluding hydrogens is 274 g/mol. The van der Waals surface area contributed by atoms with Crippen molar-refractivity contribution in [1.82, 2.24) is 20.8 Å². The Labute approximate surface area is 113 Å². The molecule has 0 unspecified atom stereocenters. The summed E-state index contributed by atoms with van der Waals surface area (Å²) in [6.07, 6.45) is 0. The number of carbonyl (C=O) groups is 2. The molecule has 3 amide bonds. The molecule has 0 spiro atoms. The number of thioether (sulfide) groups is 1. The lowest BCUT2D eigenvalue weighted by atomic mass is 10.4. The van der Waals surface area contributed by atoms with Crippen LogP contribution in [0.25, 0.3) is 0 Å². The lowest BCUT2D eigenvalue weighted by Gasteiger charge is -2.08. The smallest absolute Gasteiger partial charge is 0.321 e. The van der Waals surface area contributed by atoms with E-state index >= 15 is 0 Å². The van der Waals surface area contributed by atoms with E-state index in [0.29, 0.717) is 9.47 Å². The molecule has 0 aromatic carbocycles. The molecule has 3 N–H and O–H groups in total. The summed E-state index contributed by atoms with van der Waals surface area (Å²) in [5, 5.41) is 16.1. The van der Waals surface area contributed by atoms with Crippen LogP contribution in [0, 0.1) is 0 Å². The topological polar surface area (TPSA) is 96.0 Å². The Kier molecular flexibility index (Phi) is 5.86. The zero-order chi connectivity index (χ0) is 13.5. The first-order valence-electron chi connectivity index (χ1n) is 5.25. The number of amides is 3. The van der Waals surface area contributed by atoms with Gasteiger partial charge in [0.1, 0.15) is 0 Å². The van der Waals surface area contributed by atoms with Gasteiger partial charge in [-0.25, -0.2) is 4.79 Å². The lowest BCUT2D eigenvalue weighted by molar-refractivity contribution is -0.117.